The number of sulfonamides is 1. The highest BCUT2D eigenvalue weighted by Crippen LogP contribution is 2.41. The summed E-state index contributed by atoms with van der Waals surface area (Å²) >= 11 is 0. The van der Waals surface area contributed by atoms with E-state index < -0.39 is 15.9 Å². The third-order valence-electron chi connectivity index (χ3n) is 8.71. The second-order valence-corrected chi connectivity index (χ2v) is 15.4. The zero-order valence-corrected chi connectivity index (χ0v) is 29.3. The van der Waals surface area contributed by atoms with Crippen molar-refractivity contribution < 1.29 is 17.9 Å². The molecule has 0 aromatic carbocycles. The van der Waals surface area contributed by atoms with Gasteiger partial charge in [-0.3, -0.25) is 9.78 Å². The summed E-state index contributed by atoms with van der Waals surface area (Å²) in [5.41, 5.74) is 2.30. The first-order valence-corrected chi connectivity index (χ1v) is 16.9. The van der Waals surface area contributed by atoms with Crippen LogP contribution in [0.5, 0.6) is 0 Å². The quantitative estimate of drug-likeness (QED) is 0.367. The van der Waals surface area contributed by atoms with E-state index in [1.54, 1.807) is 31.4 Å². The van der Waals surface area contributed by atoms with E-state index in [0.29, 0.717) is 30.7 Å². The van der Waals surface area contributed by atoms with E-state index in [2.05, 4.69) is 59.4 Å². The smallest absolute Gasteiger partial charge is 0.281 e. The second kappa shape index (κ2) is 13.7. The molecule has 3 aromatic rings. The van der Waals surface area contributed by atoms with Gasteiger partial charge in [0.25, 0.3) is 15.9 Å². The fourth-order valence-electron chi connectivity index (χ4n) is 6.14. The van der Waals surface area contributed by atoms with Crippen LogP contribution >= 0.6 is 12.4 Å². The summed E-state index contributed by atoms with van der Waals surface area (Å²) in [5, 5.41) is 3.20. The number of rotatable bonds is 5. The van der Waals surface area contributed by atoms with Crippen LogP contribution in [-0.2, 0) is 20.2 Å². The van der Waals surface area contributed by atoms with Crippen molar-refractivity contribution in [3.63, 3.8) is 0 Å². The van der Waals surface area contributed by atoms with Gasteiger partial charge in [0.15, 0.2) is 5.03 Å². The molecule has 2 aliphatic rings. The van der Waals surface area contributed by atoms with Crippen molar-refractivity contribution >= 4 is 45.7 Å². The molecule has 46 heavy (non-hydrogen) atoms. The van der Waals surface area contributed by atoms with Crippen LogP contribution in [-0.4, -0.2) is 68.7 Å². The standard InChI is InChI=1S/C33H45N7O4S.ClH/c1-32(2,3)27-16-13-24-30(36-27)40-21-22(19-33(40,4)5)11-14-26(25-15-12-23(20-34-25)39(6)17-18-44-7)35-28-9-8-10-29(37-28)45(42,43)38-31(24)41;/h8-10,12-13,15-16,20,22,26H,11,14,17-19,21H2,1-7H3,(H,35,37)(H,38,41);1H/t22-,26?;/m0./s1. The fourth-order valence-corrected chi connectivity index (χ4v) is 7.07. The first-order valence-electron chi connectivity index (χ1n) is 15.4. The van der Waals surface area contributed by atoms with Gasteiger partial charge in [-0.05, 0) is 75.4 Å². The number of carbonyl (C=O) groups is 1. The van der Waals surface area contributed by atoms with Crippen molar-refractivity contribution in [1.82, 2.24) is 19.7 Å². The number of nitrogens with one attached hydrogen (secondary N) is 2. The molecule has 2 N–H and O–H groups in total. The molecule has 1 amide bonds. The maximum Gasteiger partial charge on any atom is 0.281 e. The summed E-state index contributed by atoms with van der Waals surface area (Å²) in [5.74, 6) is 0.472. The summed E-state index contributed by atoms with van der Waals surface area (Å²) in [6, 6.07) is 12.0. The van der Waals surface area contributed by atoms with Gasteiger partial charge in [0.05, 0.1) is 35.8 Å². The number of ether oxygens (including phenoxy) is 1. The van der Waals surface area contributed by atoms with E-state index in [4.69, 9.17) is 14.7 Å². The predicted octanol–water partition coefficient (Wildman–Crippen LogP) is 5.34. The second-order valence-electron chi connectivity index (χ2n) is 13.7. The number of halogens is 1. The number of pyridine rings is 3. The Kier molecular flexibility index (Phi) is 10.5. The number of methoxy groups -OCH3 is 1. The van der Waals surface area contributed by atoms with E-state index in [1.807, 2.05) is 25.4 Å². The molecular formula is C33H46ClN7O4S. The number of hydrogen-bond acceptors (Lipinski definition) is 10. The van der Waals surface area contributed by atoms with Gasteiger partial charge in [-0.2, -0.15) is 8.42 Å². The average Bonchev–Trinajstić information content (AvgIpc) is 3.30. The van der Waals surface area contributed by atoms with E-state index in [0.717, 1.165) is 42.9 Å². The molecule has 4 bridgehead atoms. The average molecular weight is 672 g/mol. The van der Waals surface area contributed by atoms with E-state index in [-0.39, 0.29) is 40.0 Å². The Morgan fingerprint density at radius 1 is 1.09 bits per heavy atom. The third-order valence-corrected chi connectivity index (χ3v) is 9.95. The molecule has 0 aliphatic carbocycles. The van der Waals surface area contributed by atoms with Gasteiger partial charge in [-0.15, -0.1) is 12.4 Å². The third kappa shape index (κ3) is 7.72. The molecule has 11 nitrogen and oxygen atoms in total. The molecule has 2 aliphatic heterocycles. The number of carbonyl (C=O) groups excluding carboxylic acids is 1. The summed E-state index contributed by atoms with van der Waals surface area (Å²) in [4.78, 5) is 32.1. The molecular weight excluding hydrogens is 626 g/mol. The molecule has 1 saturated heterocycles. The molecule has 5 heterocycles. The Hall–Kier alpha value is -3.48. The lowest BCUT2D eigenvalue weighted by Gasteiger charge is -2.34. The lowest BCUT2D eigenvalue weighted by Crippen LogP contribution is -2.41. The van der Waals surface area contributed by atoms with Crippen LogP contribution in [0.25, 0.3) is 0 Å². The first kappa shape index (κ1) is 35.4. The van der Waals surface area contributed by atoms with Crippen molar-refractivity contribution in [2.45, 2.75) is 75.9 Å². The highest BCUT2D eigenvalue weighted by molar-refractivity contribution is 7.90. The van der Waals surface area contributed by atoms with Crippen molar-refractivity contribution in [3.8, 4) is 0 Å². The molecule has 13 heteroatoms. The monoisotopic (exact) mass is 671 g/mol. The Labute approximate surface area is 279 Å². The molecule has 1 unspecified atom stereocenters. The minimum atomic E-state index is -4.29. The lowest BCUT2D eigenvalue weighted by molar-refractivity contribution is 0.0981. The van der Waals surface area contributed by atoms with E-state index >= 15 is 0 Å². The molecule has 1 fully saturated rings. The summed E-state index contributed by atoms with van der Waals surface area (Å²) < 4.78 is 34.4. The topological polar surface area (TPSA) is 130 Å². The number of likely N-dealkylation sites (N-methyl/N-ethyl adjacent to an activating group) is 1. The minimum absolute atomic E-state index is 0. The molecule has 2 atom stereocenters. The van der Waals surface area contributed by atoms with Crippen molar-refractivity contribution in [3.05, 3.63) is 65.6 Å². The van der Waals surface area contributed by atoms with Crippen LogP contribution in [0, 0.1) is 5.92 Å². The van der Waals surface area contributed by atoms with E-state index in [9.17, 15) is 13.2 Å². The number of aromatic nitrogens is 3. The van der Waals surface area contributed by atoms with Crippen LogP contribution in [0.2, 0.25) is 0 Å². The lowest BCUT2D eigenvalue weighted by atomic mass is 9.90. The Bertz CT molecular complexity index is 1640. The maximum absolute atomic E-state index is 13.7. The molecule has 3 aromatic heterocycles. The Balaban J connectivity index is 0.00000480. The van der Waals surface area contributed by atoms with Gasteiger partial charge in [0.1, 0.15) is 11.6 Å². The first-order chi connectivity index (χ1) is 21.2. The van der Waals surface area contributed by atoms with Gasteiger partial charge in [-0.25, -0.2) is 14.7 Å². The zero-order valence-electron chi connectivity index (χ0n) is 27.7. The van der Waals surface area contributed by atoms with Gasteiger partial charge >= 0.3 is 0 Å². The molecule has 5 rings (SSSR count). The predicted molar refractivity (Wildman–Crippen MR) is 184 cm³/mol. The summed E-state index contributed by atoms with van der Waals surface area (Å²) in [6.07, 6.45) is 4.37. The number of hydrogen-bond donors (Lipinski definition) is 2. The molecule has 0 spiro atoms. The van der Waals surface area contributed by atoms with Crippen LogP contribution < -0.4 is 19.8 Å². The summed E-state index contributed by atoms with van der Waals surface area (Å²) in [7, 11) is -0.606. The van der Waals surface area contributed by atoms with Crippen LogP contribution in [0.3, 0.4) is 0 Å². The fraction of sp³-hybridized carbons (Fsp3) is 0.515. The van der Waals surface area contributed by atoms with Gasteiger partial charge in [-0.1, -0.05) is 26.8 Å². The molecule has 0 radical (unpaired) electrons. The highest BCUT2D eigenvalue weighted by atomic mass is 35.5. The summed E-state index contributed by atoms with van der Waals surface area (Å²) in [6.45, 7) is 12.6. The van der Waals surface area contributed by atoms with Crippen LogP contribution in [0.15, 0.2) is 53.7 Å². The van der Waals surface area contributed by atoms with Gasteiger partial charge < -0.3 is 19.9 Å². The van der Waals surface area contributed by atoms with E-state index in [1.165, 1.54) is 6.07 Å². The Morgan fingerprint density at radius 2 is 1.85 bits per heavy atom. The number of nitrogens with zero attached hydrogens (tertiary/aromatic N) is 5. The van der Waals surface area contributed by atoms with Crippen molar-refractivity contribution in [2.24, 2.45) is 5.92 Å². The van der Waals surface area contributed by atoms with Crippen molar-refractivity contribution in [1.29, 1.82) is 0 Å². The normalized spacial score (nSPS) is 20.7. The van der Waals surface area contributed by atoms with Gasteiger partial charge in [0, 0.05) is 43.9 Å². The number of amides is 1. The zero-order chi connectivity index (χ0) is 32.6. The van der Waals surface area contributed by atoms with Crippen LogP contribution in [0.4, 0.5) is 17.3 Å². The molecule has 0 saturated carbocycles. The van der Waals surface area contributed by atoms with Crippen LogP contribution in [0.1, 0.15) is 81.7 Å². The van der Waals surface area contributed by atoms with Gasteiger partial charge in [0.2, 0.25) is 0 Å². The largest absolute Gasteiger partial charge is 0.383 e. The molecule has 250 valence electrons. The number of anilines is 3. The van der Waals surface area contributed by atoms with Crippen molar-refractivity contribution in [2.75, 3.05) is 49.0 Å². The maximum atomic E-state index is 13.7. The highest BCUT2D eigenvalue weighted by Gasteiger charge is 2.41. The number of fused-ring (bicyclic) bond motifs is 6. The Morgan fingerprint density at radius 3 is 2.52 bits per heavy atom. The minimum Gasteiger partial charge on any atom is -0.383 e. The SMILES string of the molecule is COCCN(C)c1ccc(C2CC[C@@H]3CN(c4nc(C(C)(C)C)ccc4C(=O)NS(=O)(=O)c4cccc(n4)N2)C(C)(C)C3)nc1.Cl.